The quantitative estimate of drug-likeness (QED) is 0.678. The van der Waals surface area contributed by atoms with Crippen molar-refractivity contribution in [2.45, 2.75) is 11.8 Å². The summed E-state index contributed by atoms with van der Waals surface area (Å²) in [5.74, 6) is -0.133. The second kappa shape index (κ2) is 6.81. The molecule has 0 fully saturated rings. The van der Waals surface area contributed by atoms with E-state index >= 15 is 0 Å². The standard InChI is InChI=1S/C17H14BrN3O3S/c1-11-2-4-12(5-3-11)15-10-16(22)20-17(19-15)21-25(23,24)14-8-6-13(18)7-9-14/h2-10H,1H3,(H2,19,20,21,22). The lowest BCUT2D eigenvalue weighted by Gasteiger charge is -2.09. The van der Waals surface area contributed by atoms with Crippen molar-refractivity contribution in [3.05, 3.63) is 75.0 Å². The minimum atomic E-state index is -3.86. The topological polar surface area (TPSA) is 91.9 Å². The number of H-pyrrole nitrogens is 1. The lowest BCUT2D eigenvalue weighted by atomic mass is 10.1. The van der Waals surface area contributed by atoms with E-state index in [4.69, 9.17) is 0 Å². The number of sulfonamides is 1. The maximum Gasteiger partial charge on any atom is 0.264 e. The molecule has 0 saturated carbocycles. The van der Waals surface area contributed by atoms with Gasteiger partial charge in [0.15, 0.2) is 0 Å². The Morgan fingerprint density at radius 3 is 2.32 bits per heavy atom. The van der Waals surface area contributed by atoms with Crippen LogP contribution in [0.1, 0.15) is 5.56 Å². The van der Waals surface area contributed by atoms with E-state index in [1.54, 1.807) is 12.1 Å². The number of aromatic amines is 1. The molecule has 0 atom stereocenters. The lowest BCUT2D eigenvalue weighted by molar-refractivity contribution is 0.601. The van der Waals surface area contributed by atoms with Crippen molar-refractivity contribution in [2.24, 2.45) is 0 Å². The minimum absolute atomic E-state index is 0.0686. The zero-order chi connectivity index (χ0) is 18.0. The predicted molar refractivity (Wildman–Crippen MR) is 100.0 cm³/mol. The van der Waals surface area contributed by atoms with Gasteiger partial charge in [-0.1, -0.05) is 45.8 Å². The molecule has 3 rings (SSSR count). The van der Waals surface area contributed by atoms with Crippen LogP contribution in [0.4, 0.5) is 5.95 Å². The normalized spacial score (nSPS) is 11.3. The molecule has 3 aromatic rings. The summed E-state index contributed by atoms with van der Waals surface area (Å²) in [7, 11) is -3.86. The third kappa shape index (κ3) is 4.15. The summed E-state index contributed by atoms with van der Waals surface area (Å²) in [4.78, 5) is 18.6. The average molecular weight is 420 g/mol. The number of nitrogens with one attached hydrogen (secondary N) is 2. The zero-order valence-electron chi connectivity index (χ0n) is 13.2. The van der Waals surface area contributed by atoms with E-state index in [0.717, 1.165) is 15.6 Å². The number of hydrogen-bond acceptors (Lipinski definition) is 4. The molecule has 0 aliphatic carbocycles. The molecule has 2 N–H and O–H groups in total. The molecule has 0 aliphatic heterocycles. The van der Waals surface area contributed by atoms with Crippen molar-refractivity contribution in [2.75, 3.05) is 4.72 Å². The first-order valence-corrected chi connectivity index (χ1v) is 9.58. The Labute approximate surface area is 153 Å². The van der Waals surface area contributed by atoms with Crippen molar-refractivity contribution < 1.29 is 8.42 Å². The van der Waals surface area contributed by atoms with Gasteiger partial charge < -0.3 is 0 Å². The van der Waals surface area contributed by atoms with Crippen LogP contribution in [0.2, 0.25) is 0 Å². The van der Waals surface area contributed by atoms with Crippen LogP contribution in [0.25, 0.3) is 11.3 Å². The molecule has 128 valence electrons. The van der Waals surface area contributed by atoms with Gasteiger partial charge in [-0.05, 0) is 31.2 Å². The van der Waals surface area contributed by atoms with Crippen LogP contribution in [0.15, 0.2) is 68.8 Å². The summed E-state index contributed by atoms with van der Waals surface area (Å²) < 4.78 is 27.9. The van der Waals surface area contributed by atoms with Gasteiger partial charge in [0.2, 0.25) is 5.95 Å². The molecule has 0 unspecified atom stereocenters. The summed E-state index contributed by atoms with van der Waals surface area (Å²) in [5, 5.41) is 0. The molecule has 8 heteroatoms. The first kappa shape index (κ1) is 17.4. The number of benzene rings is 2. The summed E-state index contributed by atoms with van der Waals surface area (Å²) >= 11 is 3.25. The van der Waals surface area contributed by atoms with E-state index in [9.17, 15) is 13.2 Å². The fourth-order valence-corrected chi connectivity index (χ4v) is 3.41. The summed E-state index contributed by atoms with van der Waals surface area (Å²) in [6.45, 7) is 1.95. The zero-order valence-corrected chi connectivity index (χ0v) is 15.6. The van der Waals surface area contributed by atoms with E-state index in [-0.39, 0.29) is 10.8 Å². The van der Waals surface area contributed by atoms with Gasteiger partial charge in [-0.2, -0.15) is 0 Å². The third-order valence-electron chi connectivity index (χ3n) is 3.44. The van der Waals surface area contributed by atoms with Crippen LogP contribution in [0.5, 0.6) is 0 Å². The Morgan fingerprint density at radius 1 is 1.04 bits per heavy atom. The fourth-order valence-electron chi connectivity index (χ4n) is 2.18. The first-order chi connectivity index (χ1) is 11.8. The van der Waals surface area contributed by atoms with Crippen molar-refractivity contribution in [1.82, 2.24) is 9.97 Å². The molecule has 1 aromatic heterocycles. The van der Waals surface area contributed by atoms with Gasteiger partial charge in [0, 0.05) is 16.1 Å². The molecule has 25 heavy (non-hydrogen) atoms. The third-order valence-corrected chi connectivity index (χ3v) is 5.33. The van der Waals surface area contributed by atoms with E-state index in [2.05, 4.69) is 30.6 Å². The van der Waals surface area contributed by atoms with Gasteiger partial charge >= 0.3 is 0 Å². The van der Waals surface area contributed by atoms with Crippen molar-refractivity contribution in [3.8, 4) is 11.3 Å². The molecule has 2 aromatic carbocycles. The molecular formula is C17H14BrN3O3S. The van der Waals surface area contributed by atoms with Gasteiger partial charge in [-0.3, -0.25) is 9.78 Å². The number of nitrogens with zero attached hydrogens (tertiary/aromatic N) is 1. The first-order valence-electron chi connectivity index (χ1n) is 7.30. The van der Waals surface area contributed by atoms with Gasteiger partial charge in [-0.15, -0.1) is 0 Å². The van der Waals surface area contributed by atoms with E-state index in [1.807, 2.05) is 31.2 Å². The molecule has 0 spiro atoms. The predicted octanol–water partition coefficient (Wildman–Crippen LogP) is 3.31. The molecule has 0 saturated heterocycles. The molecule has 6 nitrogen and oxygen atoms in total. The number of hydrogen-bond donors (Lipinski definition) is 2. The number of aryl methyl sites for hydroxylation is 1. The van der Waals surface area contributed by atoms with Gasteiger partial charge in [0.1, 0.15) is 0 Å². The molecular weight excluding hydrogens is 406 g/mol. The Morgan fingerprint density at radius 2 is 1.68 bits per heavy atom. The maximum absolute atomic E-state index is 12.4. The summed E-state index contributed by atoms with van der Waals surface area (Å²) in [5.41, 5.74) is 1.74. The minimum Gasteiger partial charge on any atom is -0.292 e. The number of halogens is 1. The summed E-state index contributed by atoms with van der Waals surface area (Å²) in [6, 6.07) is 14.9. The van der Waals surface area contributed by atoms with Gasteiger partial charge in [0.05, 0.1) is 10.6 Å². The molecule has 0 radical (unpaired) electrons. The maximum atomic E-state index is 12.4. The van der Waals surface area contributed by atoms with Crippen LogP contribution in [0, 0.1) is 6.92 Å². The Balaban J connectivity index is 1.96. The largest absolute Gasteiger partial charge is 0.292 e. The van der Waals surface area contributed by atoms with Crippen LogP contribution < -0.4 is 10.3 Å². The molecule has 0 bridgehead atoms. The molecule has 1 heterocycles. The molecule has 0 aliphatic rings. The van der Waals surface area contributed by atoms with Crippen molar-refractivity contribution >= 4 is 31.9 Å². The number of rotatable bonds is 4. The second-order valence-electron chi connectivity index (χ2n) is 5.40. The van der Waals surface area contributed by atoms with Crippen molar-refractivity contribution in [1.29, 1.82) is 0 Å². The number of aromatic nitrogens is 2. The molecule has 0 amide bonds. The van der Waals surface area contributed by atoms with Gasteiger partial charge in [0.25, 0.3) is 15.6 Å². The second-order valence-corrected chi connectivity index (χ2v) is 8.00. The van der Waals surface area contributed by atoms with E-state index in [0.29, 0.717) is 5.69 Å². The lowest BCUT2D eigenvalue weighted by Crippen LogP contribution is -2.18. The smallest absolute Gasteiger partial charge is 0.264 e. The SMILES string of the molecule is Cc1ccc(-c2cc(=O)[nH]c(NS(=O)(=O)c3ccc(Br)cc3)n2)cc1. The summed E-state index contributed by atoms with van der Waals surface area (Å²) in [6.07, 6.45) is 0. The van der Waals surface area contributed by atoms with Gasteiger partial charge in [-0.25, -0.2) is 18.1 Å². The van der Waals surface area contributed by atoms with Crippen LogP contribution >= 0.6 is 15.9 Å². The van der Waals surface area contributed by atoms with Crippen molar-refractivity contribution in [3.63, 3.8) is 0 Å². The average Bonchev–Trinajstić information content (AvgIpc) is 2.55. The fraction of sp³-hybridized carbons (Fsp3) is 0.0588. The monoisotopic (exact) mass is 419 g/mol. The van der Waals surface area contributed by atoms with Crippen LogP contribution in [-0.4, -0.2) is 18.4 Å². The highest BCUT2D eigenvalue weighted by molar-refractivity contribution is 9.10. The Hall–Kier alpha value is -2.45. The Kier molecular flexibility index (Phi) is 4.73. The Bertz CT molecular complexity index is 1060. The van der Waals surface area contributed by atoms with E-state index < -0.39 is 15.6 Å². The highest BCUT2D eigenvalue weighted by atomic mass is 79.9. The van der Waals surface area contributed by atoms with Crippen LogP contribution in [-0.2, 0) is 10.0 Å². The highest BCUT2D eigenvalue weighted by Gasteiger charge is 2.16. The highest BCUT2D eigenvalue weighted by Crippen LogP contribution is 2.19. The van der Waals surface area contributed by atoms with E-state index in [1.165, 1.54) is 18.2 Å². The van der Waals surface area contributed by atoms with Crippen LogP contribution in [0.3, 0.4) is 0 Å². The number of anilines is 1.